The quantitative estimate of drug-likeness (QED) is 0.776. The summed E-state index contributed by atoms with van der Waals surface area (Å²) in [5.74, 6) is 0.765. The summed E-state index contributed by atoms with van der Waals surface area (Å²) in [5.41, 5.74) is 0. The summed E-state index contributed by atoms with van der Waals surface area (Å²) in [4.78, 5) is 16.9. The fraction of sp³-hybridized carbons (Fsp3) is 0.750. The summed E-state index contributed by atoms with van der Waals surface area (Å²) in [6.07, 6.45) is 2.69. The maximum absolute atomic E-state index is 12.5. The molecular weight excluding hydrogens is 294 g/mol. The highest BCUT2D eigenvalue weighted by molar-refractivity contribution is 5.93. The minimum Gasteiger partial charge on any atom is -0.395 e. The number of hydrogen-bond donors (Lipinski definition) is 2. The number of rotatable bonds is 7. The van der Waals surface area contributed by atoms with E-state index < -0.39 is 0 Å². The van der Waals surface area contributed by atoms with E-state index in [9.17, 15) is 4.79 Å². The van der Waals surface area contributed by atoms with E-state index in [1.54, 1.807) is 6.20 Å². The van der Waals surface area contributed by atoms with Crippen molar-refractivity contribution < 1.29 is 9.90 Å². The molecule has 1 amide bonds. The second-order valence-electron chi connectivity index (χ2n) is 6.18. The molecule has 0 aliphatic carbocycles. The molecule has 0 unspecified atom stereocenters. The molecular formula is C16H29N5O2. The van der Waals surface area contributed by atoms with Gasteiger partial charge in [0, 0.05) is 38.8 Å². The maximum atomic E-state index is 12.5. The minimum atomic E-state index is -0.174. The van der Waals surface area contributed by atoms with Gasteiger partial charge in [-0.25, -0.2) is 4.68 Å². The predicted octanol–water partition coefficient (Wildman–Crippen LogP) is 0.791. The van der Waals surface area contributed by atoms with Crippen molar-refractivity contribution in [3.05, 3.63) is 12.3 Å². The van der Waals surface area contributed by atoms with Gasteiger partial charge in [-0.15, -0.1) is 0 Å². The molecule has 2 atom stereocenters. The van der Waals surface area contributed by atoms with Gasteiger partial charge in [0.2, 0.25) is 5.91 Å². The molecule has 0 aromatic carbocycles. The number of piperazine rings is 1. The average molecular weight is 323 g/mol. The van der Waals surface area contributed by atoms with Gasteiger partial charge in [-0.05, 0) is 20.3 Å². The van der Waals surface area contributed by atoms with Gasteiger partial charge in [-0.3, -0.25) is 14.6 Å². The first-order valence-electron chi connectivity index (χ1n) is 8.48. The number of nitrogens with one attached hydrogen (secondary N) is 1. The van der Waals surface area contributed by atoms with Crippen LogP contribution in [0.3, 0.4) is 0 Å². The molecule has 1 aromatic rings. The molecule has 1 aliphatic rings. The Kier molecular flexibility index (Phi) is 6.56. The van der Waals surface area contributed by atoms with Crippen LogP contribution in [-0.2, 0) is 4.79 Å². The predicted molar refractivity (Wildman–Crippen MR) is 90.4 cm³/mol. The SMILES string of the molecule is CC[C@@H](C)n1nccc1NC(=O)[C@H](C)N1CCN(CCO)CC1. The lowest BCUT2D eigenvalue weighted by atomic mass is 10.2. The Morgan fingerprint density at radius 3 is 2.65 bits per heavy atom. The van der Waals surface area contributed by atoms with Gasteiger partial charge in [-0.2, -0.15) is 5.10 Å². The summed E-state index contributed by atoms with van der Waals surface area (Å²) in [6, 6.07) is 1.93. The molecule has 0 spiro atoms. The number of β-amino-alcohol motifs (C(OH)–C–C–N with tert-alkyl or cyclic N) is 1. The molecule has 0 saturated carbocycles. The number of amides is 1. The third-order valence-electron chi connectivity index (χ3n) is 4.68. The lowest BCUT2D eigenvalue weighted by Gasteiger charge is -2.37. The van der Waals surface area contributed by atoms with Crippen LogP contribution in [0.1, 0.15) is 33.2 Å². The number of aliphatic hydroxyl groups is 1. The van der Waals surface area contributed by atoms with Gasteiger partial charge in [-0.1, -0.05) is 6.92 Å². The van der Waals surface area contributed by atoms with Crippen LogP contribution in [0.15, 0.2) is 12.3 Å². The maximum Gasteiger partial charge on any atom is 0.242 e. The van der Waals surface area contributed by atoms with Crippen LogP contribution in [0.4, 0.5) is 5.82 Å². The summed E-state index contributed by atoms with van der Waals surface area (Å²) in [6.45, 7) is 10.5. The highest BCUT2D eigenvalue weighted by Gasteiger charge is 2.26. The van der Waals surface area contributed by atoms with Crippen molar-refractivity contribution in [3.8, 4) is 0 Å². The number of carbonyl (C=O) groups excluding carboxylic acids is 1. The second kappa shape index (κ2) is 8.42. The van der Waals surface area contributed by atoms with E-state index in [1.807, 2.05) is 17.7 Å². The lowest BCUT2D eigenvalue weighted by Crippen LogP contribution is -2.53. The molecule has 1 aliphatic heterocycles. The summed E-state index contributed by atoms with van der Waals surface area (Å²) < 4.78 is 1.86. The fourth-order valence-electron chi connectivity index (χ4n) is 2.85. The van der Waals surface area contributed by atoms with Crippen molar-refractivity contribution in [2.75, 3.05) is 44.6 Å². The number of carbonyl (C=O) groups is 1. The van der Waals surface area contributed by atoms with Crippen molar-refractivity contribution in [2.24, 2.45) is 0 Å². The van der Waals surface area contributed by atoms with E-state index in [0.29, 0.717) is 6.54 Å². The van der Waals surface area contributed by atoms with Crippen LogP contribution < -0.4 is 5.32 Å². The highest BCUT2D eigenvalue weighted by Crippen LogP contribution is 2.17. The monoisotopic (exact) mass is 323 g/mol. The third kappa shape index (κ3) is 4.53. The zero-order chi connectivity index (χ0) is 16.8. The van der Waals surface area contributed by atoms with E-state index in [1.165, 1.54) is 0 Å². The Morgan fingerprint density at radius 2 is 2.04 bits per heavy atom. The first-order chi connectivity index (χ1) is 11.1. The Hall–Kier alpha value is -1.44. The van der Waals surface area contributed by atoms with Crippen molar-refractivity contribution in [2.45, 2.75) is 39.3 Å². The molecule has 2 rings (SSSR count). The van der Waals surface area contributed by atoms with Crippen molar-refractivity contribution >= 4 is 11.7 Å². The molecule has 0 radical (unpaired) electrons. The largest absolute Gasteiger partial charge is 0.395 e. The summed E-state index contributed by atoms with van der Waals surface area (Å²) in [7, 11) is 0. The molecule has 7 nitrogen and oxygen atoms in total. The highest BCUT2D eigenvalue weighted by atomic mass is 16.3. The molecule has 23 heavy (non-hydrogen) atoms. The fourth-order valence-corrected chi connectivity index (χ4v) is 2.85. The van der Waals surface area contributed by atoms with Crippen molar-refractivity contribution in [3.63, 3.8) is 0 Å². The third-order valence-corrected chi connectivity index (χ3v) is 4.68. The zero-order valence-electron chi connectivity index (χ0n) is 14.4. The van der Waals surface area contributed by atoms with Crippen LogP contribution in [0.2, 0.25) is 0 Å². The standard InChI is InChI=1S/C16H29N5O2/c1-4-13(2)21-15(5-6-17-21)18-16(23)14(3)20-9-7-19(8-10-20)11-12-22/h5-6,13-14,22H,4,7-12H2,1-3H3,(H,18,23)/t13-,14+/m1/s1. The van der Waals surface area contributed by atoms with Gasteiger partial charge in [0.1, 0.15) is 5.82 Å². The van der Waals surface area contributed by atoms with E-state index in [4.69, 9.17) is 5.11 Å². The van der Waals surface area contributed by atoms with Gasteiger partial charge < -0.3 is 10.4 Å². The molecule has 7 heteroatoms. The normalized spacial score (nSPS) is 19.5. The molecule has 2 heterocycles. The Morgan fingerprint density at radius 1 is 1.35 bits per heavy atom. The average Bonchev–Trinajstić information content (AvgIpc) is 3.02. The molecule has 2 N–H and O–H groups in total. The minimum absolute atomic E-state index is 0.00524. The first kappa shape index (κ1) is 17.9. The van der Waals surface area contributed by atoms with Crippen LogP contribution in [-0.4, -0.2) is 76.0 Å². The zero-order valence-corrected chi connectivity index (χ0v) is 14.4. The lowest BCUT2D eigenvalue weighted by molar-refractivity contribution is -0.121. The number of nitrogens with zero attached hydrogens (tertiary/aromatic N) is 4. The van der Waals surface area contributed by atoms with Gasteiger partial charge in [0.15, 0.2) is 0 Å². The van der Waals surface area contributed by atoms with Gasteiger partial charge in [0.25, 0.3) is 0 Å². The number of hydrogen-bond acceptors (Lipinski definition) is 5. The van der Waals surface area contributed by atoms with E-state index in [-0.39, 0.29) is 24.6 Å². The molecule has 130 valence electrons. The van der Waals surface area contributed by atoms with Gasteiger partial charge >= 0.3 is 0 Å². The first-order valence-corrected chi connectivity index (χ1v) is 8.48. The smallest absolute Gasteiger partial charge is 0.242 e. The van der Waals surface area contributed by atoms with Crippen LogP contribution in [0.5, 0.6) is 0 Å². The Balaban J connectivity index is 1.90. The Labute approximate surface area is 138 Å². The van der Waals surface area contributed by atoms with E-state index in [2.05, 4.69) is 34.1 Å². The van der Waals surface area contributed by atoms with E-state index >= 15 is 0 Å². The number of aromatic nitrogens is 2. The Bertz CT molecular complexity index is 496. The topological polar surface area (TPSA) is 73.6 Å². The molecule has 0 bridgehead atoms. The number of anilines is 1. The summed E-state index contributed by atoms with van der Waals surface area (Å²) >= 11 is 0. The van der Waals surface area contributed by atoms with Crippen LogP contribution in [0.25, 0.3) is 0 Å². The van der Waals surface area contributed by atoms with Crippen molar-refractivity contribution in [1.29, 1.82) is 0 Å². The van der Waals surface area contributed by atoms with E-state index in [0.717, 1.165) is 38.4 Å². The number of aliphatic hydroxyl groups excluding tert-OH is 1. The van der Waals surface area contributed by atoms with Crippen LogP contribution in [0, 0.1) is 0 Å². The summed E-state index contributed by atoms with van der Waals surface area (Å²) in [5, 5.41) is 16.3. The van der Waals surface area contributed by atoms with Crippen molar-refractivity contribution in [1.82, 2.24) is 19.6 Å². The molecule has 1 aromatic heterocycles. The molecule has 1 fully saturated rings. The van der Waals surface area contributed by atoms with Crippen LogP contribution >= 0.6 is 0 Å². The van der Waals surface area contributed by atoms with Gasteiger partial charge in [0.05, 0.1) is 24.9 Å². The second-order valence-corrected chi connectivity index (χ2v) is 6.18. The molecule has 1 saturated heterocycles.